The number of halogens is 14. The van der Waals surface area contributed by atoms with Gasteiger partial charge >= 0.3 is 48.0 Å². The monoisotopic (exact) mass is 684 g/mol. The van der Waals surface area contributed by atoms with Crippen molar-refractivity contribution in [1.29, 1.82) is 0 Å². The summed E-state index contributed by atoms with van der Waals surface area (Å²) < 4.78 is 193. The first-order valence-electron chi connectivity index (χ1n) is 14.2. The second-order valence-electron chi connectivity index (χ2n) is 13.3. The quantitative estimate of drug-likeness (QED) is 0.208. The number of hydrogen-bond donors (Lipinski definition) is 0. The lowest BCUT2D eigenvalue weighted by Crippen LogP contribution is -2.58. The van der Waals surface area contributed by atoms with Gasteiger partial charge in [0.05, 0.1) is 0 Å². The van der Waals surface area contributed by atoms with Crippen molar-refractivity contribution in [2.24, 2.45) is 34.5 Å². The second-order valence-corrected chi connectivity index (χ2v) is 13.3. The predicted molar refractivity (Wildman–Crippen MR) is 123 cm³/mol. The highest BCUT2D eigenvalue weighted by Crippen LogP contribution is 2.67. The van der Waals surface area contributed by atoms with Crippen LogP contribution in [0, 0.1) is 34.5 Å². The van der Waals surface area contributed by atoms with E-state index in [2.05, 4.69) is 9.47 Å². The highest BCUT2D eigenvalue weighted by molar-refractivity contribution is 5.80. The van der Waals surface area contributed by atoms with E-state index in [1.807, 2.05) is 6.92 Å². The normalized spacial score (nSPS) is 36.4. The third kappa shape index (κ3) is 5.35. The summed E-state index contributed by atoms with van der Waals surface area (Å²) in [5.41, 5.74) is -1.59. The smallest absolute Gasteiger partial charge is 0.458 e. The van der Waals surface area contributed by atoms with Crippen LogP contribution in [0.1, 0.15) is 71.6 Å². The molecule has 0 spiro atoms. The van der Waals surface area contributed by atoms with E-state index in [0.29, 0.717) is 19.3 Å². The molecule has 260 valence electrons. The molecule has 4 fully saturated rings. The molecule has 3 unspecified atom stereocenters. The van der Waals surface area contributed by atoms with E-state index < -0.39 is 71.0 Å². The summed E-state index contributed by atoms with van der Waals surface area (Å²) in [5, 5.41) is 0. The van der Waals surface area contributed by atoms with E-state index in [1.54, 1.807) is 6.92 Å². The van der Waals surface area contributed by atoms with Crippen LogP contribution in [0.4, 0.5) is 61.5 Å². The number of carbonyl (C=O) groups excluding carboxylic acids is 2. The molecular formula is C27H30F14O4. The van der Waals surface area contributed by atoms with Crippen molar-refractivity contribution >= 4 is 11.9 Å². The van der Waals surface area contributed by atoms with E-state index in [9.17, 15) is 71.1 Å². The molecule has 4 aliphatic carbocycles. The van der Waals surface area contributed by atoms with Crippen LogP contribution in [0.3, 0.4) is 0 Å². The third-order valence-electron chi connectivity index (χ3n) is 11.1. The molecule has 4 nitrogen and oxygen atoms in total. The number of ether oxygens (including phenoxy) is 2. The van der Waals surface area contributed by atoms with Gasteiger partial charge in [0.25, 0.3) is 0 Å². The summed E-state index contributed by atoms with van der Waals surface area (Å²) in [7, 11) is 0. The molecule has 4 saturated carbocycles. The molecule has 0 aromatic heterocycles. The van der Waals surface area contributed by atoms with Crippen LogP contribution in [-0.2, 0) is 19.1 Å². The van der Waals surface area contributed by atoms with Gasteiger partial charge in [-0.2, -0.15) is 61.5 Å². The van der Waals surface area contributed by atoms with Crippen molar-refractivity contribution in [3.63, 3.8) is 0 Å². The largest absolute Gasteiger partial charge is 0.460 e. The van der Waals surface area contributed by atoms with Crippen LogP contribution in [0.5, 0.6) is 0 Å². The number of carbonyl (C=O) groups is 2. The van der Waals surface area contributed by atoms with Gasteiger partial charge in [-0.25, -0.2) is 9.59 Å². The lowest BCUT2D eigenvalue weighted by molar-refractivity contribution is -0.349. The Bertz CT molecular complexity index is 1170. The average molecular weight is 685 g/mol. The Kier molecular flexibility index (Phi) is 8.55. The van der Waals surface area contributed by atoms with Crippen molar-refractivity contribution in [2.45, 2.75) is 120 Å². The molecule has 0 N–H and O–H groups in total. The van der Waals surface area contributed by atoms with Crippen molar-refractivity contribution in [1.82, 2.24) is 0 Å². The molecule has 0 heterocycles. The number of alkyl halides is 14. The van der Waals surface area contributed by atoms with E-state index in [1.165, 1.54) is 0 Å². The summed E-state index contributed by atoms with van der Waals surface area (Å²) >= 11 is 0. The van der Waals surface area contributed by atoms with Crippen LogP contribution in [-0.4, -0.2) is 60.2 Å². The van der Waals surface area contributed by atoms with Gasteiger partial charge in [-0.05, 0) is 86.9 Å². The second kappa shape index (κ2) is 10.7. The van der Waals surface area contributed by atoms with Crippen molar-refractivity contribution in [3.8, 4) is 0 Å². The van der Waals surface area contributed by atoms with Crippen molar-refractivity contribution < 1.29 is 80.5 Å². The van der Waals surface area contributed by atoms with Crippen molar-refractivity contribution in [3.05, 3.63) is 0 Å². The molecule has 0 aromatic carbocycles. The number of esters is 2. The van der Waals surface area contributed by atoms with E-state index in [4.69, 9.17) is 0 Å². The molecule has 4 aliphatic rings. The fraction of sp³-hybridized carbons (Fsp3) is 0.926. The van der Waals surface area contributed by atoms with Gasteiger partial charge in [0.2, 0.25) is 0 Å². The molecular weight excluding hydrogens is 654 g/mol. The lowest BCUT2D eigenvalue weighted by atomic mass is 9.45. The highest BCUT2D eigenvalue weighted by atomic mass is 19.4. The van der Waals surface area contributed by atoms with Crippen LogP contribution >= 0.6 is 0 Å². The maximum Gasteiger partial charge on any atom is 0.460 e. The molecule has 0 saturated heterocycles. The summed E-state index contributed by atoms with van der Waals surface area (Å²) in [5.74, 6) is -32.5. The average Bonchev–Trinajstić information content (AvgIpc) is 3.23. The Morgan fingerprint density at radius 1 is 0.578 bits per heavy atom. The minimum atomic E-state index is -6.71. The molecule has 4 rings (SSSR count). The van der Waals surface area contributed by atoms with Gasteiger partial charge in [0.1, 0.15) is 12.2 Å². The summed E-state index contributed by atoms with van der Waals surface area (Å²) in [6.07, 6.45) is -14.6. The fourth-order valence-corrected chi connectivity index (χ4v) is 8.51. The molecule has 45 heavy (non-hydrogen) atoms. The van der Waals surface area contributed by atoms with E-state index in [0.717, 1.165) is 0 Å². The molecule has 18 heteroatoms. The third-order valence-corrected chi connectivity index (χ3v) is 11.1. The van der Waals surface area contributed by atoms with Gasteiger partial charge in [0.15, 0.2) is 0 Å². The fourth-order valence-electron chi connectivity index (χ4n) is 8.51. The number of fused-ring (bicyclic) bond motifs is 5. The van der Waals surface area contributed by atoms with Crippen LogP contribution in [0.2, 0.25) is 0 Å². The molecule has 0 bridgehead atoms. The number of hydrogen-bond acceptors (Lipinski definition) is 4. The zero-order valence-corrected chi connectivity index (χ0v) is 23.8. The molecule has 0 aliphatic heterocycles. The topological polar surface area (TPSA) is 52.6 Å². The first kappa shape index (κ1) is 35.8. The summed E-state index contributed by atoms with van der Waals surface area (Å²) in [6.45, 7) is 3.45. The standard InChI is InChI=1S/C27H30F14O4/c1-20-9-7-13(44-18(42)22(28,29)24(32,33)26(36,37)38)11-12(20)3-4-14-15-5-6-17(21(15,2)10-8-16(14)20)45-19(43)23(30,31)25(34,35)27(39,40)41/h12-17H,3-11H2,1-2H3/t12-,13-,14?,15?,16?,17-,20-,21-/m0/s1. The number of rotatable bonds is 6. The Morgan fingerprint density at radius 2 is 1.04 bits per heavy atom. The Hall–Kier alpha value is -2.04. The molecule has 0 amide bonds. The maximum atomic E-state index is 14.0. The first-order valence-corrected chi connectivity index (χ1v) is 14.2. The molecule has 0 aromatic rings. The van der Waals surface area contributed by atoms with Gasteiger partial charge in [0, 0.05) is 5.41 Å². The minimum absolute atomic E-state index is 0.0707. The Labute approximate surface area is 247 Å². The highest BCUT2D eigenvalue weighted by Gasteiger charge is 2.78. The van der Waals surface area contributed by atoms with Gasteiger partial charge < -0.3 is 9.47 Å². The van der Waals surface area contributed by atoms with Crippen LogP contribution < -0.4 is 0 Å². The zero-order chi connectivity index (χ0) is 34.4. The van der Waals surface area contributed by atoms with E-state index in [-0.39, 0.29) is 62.2 Å². The minimum Gasteiger partial charge on any atom is -0.458 e. The van der Waals surface area contributed by atoms with Crippen LogP contribution in [0.25, 0.3) is 0 Å². The summed E-state index contributed by atoms with van der Waals surface area (Å²) in [6, 6.07) is 0. The predicted octanol–water partition coefficient (Wildman–Crippen LogP) is 8.52. The van der Waals surface area contributed by atoms with Gasteiger partial charge in [-0.15, -0.1) is 0 Å². The summed E-state index contributed by atoms with van der Waals surface area (Å²) in [4.78, 5) is 23.8. The Balaban J connectivity index is 1.44. The van der Waals surface area contributed by atoms with E-state index >= 15 is 0 Å². The van der Waals surface area contributed by atoms with Gasteiger partial charge in [-0.3, -0.25) is 0 Å². The Morgan fingerprint density at radius 3 is 1.56 bits per heavy atom. The molecule has 0 radical (unpaired) electrons. The maximum absolute atomic E-state index is 14.0. The van der Waals surface area contributed by atoms with Gasteiger partial charge in [-0.1, -0.05) is 13.8 Å². The molecule has 8 atom stereocenters. The van der Waals surface area contributed by atoms with Crippen LogP contribution in [0.15, 0.2) is 0 Å². The van der Waals surface area contributed by atoms with Crippen molar-refractivity contribution in [2.75, 3.05) is 0 Å². The lowest BCUT2D eigenvalue weighted by Gasteiger charge is -2.60. The first-order chi connectivity index (χ1) is 20.2. The SMILES string of the molecule is C[C@]12CCC3C(CC[C@H]4C[C@@H](OC(=O)C(F)(F)C(F)(F)C(F)(F)F)CC[C@]34C)C1CC[C@@H]2OC(=O)C(F)(F)C(F)(F)C(F)(F)F. The zero-order valence-electron chi connectivity index (χ0n) is 23.8.